The molecule has 0 saturated carbocycles. The summed E-state index contributed by atoms with van der Waals surface area (Å²) in [5.74, 6) is 0.908. The third-order valence-electron chi connectivity index (χ3n) is 6.46. The topological polar surface area (TPSA) is 58.2 Å². The molecule has 5 nitrogen and oxygen atoms in total. The Balaban J connectivity index is 1.50. The van der Waals surface area contributed by atoms with Crippen LogP contribution in [0.3, 0.4) is 0 Å². The summed E-state index contributed by atoms with van der Waals surface area (Å²) in [7, 11) is 2.16. The van der Waals surface area contributed by atoms with Gasteiger partial charge in [0.25, 0.3) is 0 Å². The molecule has 0 amide bonds. The maximum absolute atomic E-state index is 11.6. The molecule has 1 fully saturated rings. The van der Waals surface area contributed by atoms with Crippen LogP contribution in [0.25, 0.3) is 22.2 Å². The molecule has 1 N–H and O–H groups in total. The van der Waals surface area contributed by atoms with Crippen molar-refractivity contribution in [3.8, 4) is 11.1 Å². The van der Waals surface area contributed by atoms with Crippen molar-refractivity contribution in [2.75, 3.05) is 20.1 Å². The molecule has 0 bridgehead atoms. The zero-order valence-electron chi connectivity index (χ0n) is 19.1. The minimum atomic E-state index is -0.276. The highest BCUT2D eigenvalue weighted by molar-refractivity contribution is 5.94. The maximum atomic E-state index is 11.6. The normalized spacial score (nSPS) is 16.2. The van der Waals surface area contributed by atoms with Gasteiger partial charge in [0.1, 0.15) is 11.9 Å². The second-order valence-corrected chi connectivity index (χ2v) is 8.92. The molecule has 5 heteroatoms. The van der Waals surface area contributed by atoms with E-state index in [1.807, 2.05) is 48.5 Å². The number of ketones is 1. The van der Waals surface area contributed by atoms with Gasteiger partial charge in [-0.3, -0.25) is 4.79 Å². The van der Waals surface area contributed by atoms with Crippen LogP contribution in [0.1, 0.15) is 47.6 Å². The average molecular weight is 440 g/mol. The molecule has 1 atom stereocenters. The number of ether oxygens (including phenoxy) is 1. The predicted molar refractivity (Wildman–Crippen MR) is 131 cm³/mol. The molecule has 33 heavy (non-hydrogen) atoms. The standard InChI is InChI=1S/C28H29N3O2/c1-19(32)20-10-12-21(13-11-20)22-6-5-7-23(18-22)27(33-24-14-16-31(2)17-15-24)28-29-25-8-3-4-9-26(25)30-28/h3-13,18,24,27H,14-17H2,1-2H3,(H,29,30). The fraction of sp³-hybridized carbons (Fsp3) is 0.286. The van der Waals surface area contributed by atoms with Gasteiger partial charge in [-0.15, -0.1) is 0 Å². The molecule has 3 aromatic carbocycles. The number of carbonyl (C=O) groups excluding carboxylic acids is 1. The molecule has 168 valence electrons. The van der Waals surface area contributed by atoms with Crippen molar-refractivity contribution in [1.82, 2.24) is 14.9 Å². The van der Waals surface area contributed by atoms with Crippen LogP contribution in [0.5, 0.6) is 0 Å². The smallest absolute Gasteiger partial charge is 0.159 e. The lowest BCUT2D eigenvalue weighted by atomic mass is 9.98. The molecule has 0 spiro atoms. The van der Waals surface area contributed by atoms with Crippen molar-refractivity contribution in [3.63, 3.8) is 0 Å². The largest absolute Gasteiger partial charge is 0.362 e. The van der Waals surface area contributed by atoms with Gasteiger partial charge in [-0.1, -0.05) is 54.6 Å². The number of piperidine rings is 1. The number of aromatic amines is 1. The third-order valence-corrected chi connectivity index (χ3v) is 6.46. The number of H-pyrrole nitrogens is 1. The molecule has 4 aromatic rings. The van der Waals surface area contributed by atoms with E-state index >= 15 is 0 Å². The lowest BCUT2D eigenvalue weighted by molar-refractivity contribution is -0.0264. The lowest BCUT2D eigenvalue weighted by Gasteiger charge is -2.31. The number of rotatable bonds is 6. The van der Waals surface area contributed by atoms with Crippen molar-refractivity contribution < 1.29 is 9.53 Å². The van der Waals surface area contributed by atoms with Gasteiger partial charge in [-0.25, -0.2) is 4.98 Å². The fourth-order valence-corrected chi connectivity index (χ4v) is 4.49. The number of carbonyl (C=O) groups is 1. The van der Waals surface area contributed by atoms with Crippen molar-refractivity contribution in [2.45, 2.75) is 32.0 Å². The summed E-state index contributed by atoms with van der Waals surface area (Å²) in [5.41, 5.74) is 5.92. The molecule has 1 unspecified atom stereocenters. The van der Waals surface area contributed by atoms with Crippen molar-refractivity contribution in [1.29, 1.82) is 0 Å². The van der Waals surface area contributed by atoms with Crippen molar-refractivity contribution >= 4 is 16.8 Å². The van der Waals surface area contributed by atoms with Gasteiger partial charge in [-0.05, 0) is 61.7 Å². The molecule has 5 rings (SSSR count). The quantitative estimate of drug-likeness (QED) is 0.396. The number of hydrogen-bond acceptors (Lipinski definition) is 4. The second kappa shape index (κ2) is 9.30. The van der Waals surface area contributed by atoms with E-state index in [2.05, 4.69) is 41.2 Å². The summed E-state index contributed by atoms with van der Waals surface area (Å²) in [4.78, 5) is 22.4. The highest BCUT2D eigenvalue weighted by atomic mass is 16.5. The molecule has 2 heterocycles. The van der Waals surface area contributed by atoms with E-state index in [1.165, 1.54) is 0 Å². The zero-order valence-corrected chi connectivity index (χ0v) is 19.1. The first-order valence-corrected chi connectivity index (χ1v) is 11.6. The first-order valence-electron chi connectivity index (χ1n) is 11.6. The molecule has 0 radical (unpaired) electrons. The number of para-hydroxylation sites is 2. The zero-order chi connectivity index (χ0) is 22.8. The van der Waals surface area contributed by atoms with Gasteiger partial charge in [0.05, 0.1) is 17.1 Å². The first-order chi connectivity index (χ1) is 16.1. The molecule has 1 aromatic heterocycles. The average Bonchev–Trinajstić information content (AvgIpc) is 3.28. The first kappa shape index (κ1) is 21.6. The van der Waals surface area contributed by atoms with Gasteiger partial charge in [0.15, 0.2) is 5.78 Å². The van der Waals surface area contributed by atoms with Crippen molar-refractivity contribution in [2.24, 2.45) is 0 Å². The summed E-state index contributed by atoms with van der Waals surface area (Å²) >= 11 is 0. The highest BCUT2D eigenvalue weighted by Crippen LogP contribution is 2.32. The Morgan fingerprint density at radius 2 is 1.76 bits per heavy atom. The fourth-order valence-electron chi connectivity index (χ4n) is 4.49. The Hall–Kier alpha value is -3.28. The van der Waals surface area contributed by atoms with Crippen LogP contribution in [0, 0.1) is 0 Å². The lowest BCUT2D eigenvalue weighted by Crippen LogP contribution is -2.35. The van der Waals surface area contributed by atoms with E-state index in [1.54, 1.807) is 6.92 Å². The van der Waals surface area contributed by atoms with E-state index in [0.717, 1.165) is 65.0 Å². The number of hydrogen-bond donors (Lipinski definition) is 1. The van der Waals surface area contributed by atoms with Crippen LogP contribution >= 0.6 is 0 Å². The minimum Gasteiger partial charge on any atom is -0.362 e. The Kier molecular flexibility index (Phi) is 6.07. The number of fused-ring (bicyclic) bond motifs is 1. The third kappa shape index (κ3) is 4.75. The van der Waals surface area contributed by atoms with Crippen molar-refractivity contribution in [3.05, 3.63) is 89.7 Å². The number of aromatic nitrogens is 2. The summed E-state index contributed by atoms with van der Waals surface area (Å²) in [5, 5.41) is 0. The van der Waals surface area contributed by atoms with Crippen LogP contribution in [-0.2, 0) is 4.74 Å². The summed E-state index contributed by atoms with van der Waals surface area (Å²) < 4.78 is 6.72. The molecular formula is C28H29N3O2. The molecule has 1 aliphatic heterocycles. The minimum absolute atomic E-state index is 0.0757. The van der Waals surface area contributed by atoms with Crippen LogP contribution in [-0.4, -0.2) is 46.9 Å². The second-order valence-electron chi connectivity index (χ2n) is 8.92. The number of Topliss-reactive ketones (excluding diaryl/α,β-unsaturated/α-hetero) is 1. The number of nitrogens with one attached hydrogen (secondary N) is 1. The van der Waals surface area contributed by atoms with Crippen LogP contribution in [0.2, 0.25) is 0 Å². The molecule has 0 aliphatic carbocycles. The number of likely N-dealkylation sites (tertiary alicyclic amines) is 1. The Labute approximate surface area is 194 Å². The van der Waals surface area contributed by atoms with E-state index in [4.69, 9.17) is 9.72 Å². The molecular weight excluding hydrogens is 410 g/mol. The van der Waals surface area contributed by atoms with Crippen LogP contribution < -0.4 is 0 Å². The van der Waals surface area contributed by atoms with E-state index in [0.29, 0.717) is 0 Å². The SMILES string of the molecule is CC(=O)c1ccc(-c2cccc(C(OC3CCN(C)CC3)c3nc4ccccc4[nH]3)c2)cc1. The van der Waals surface area contributed by atoms with E-state index in [9.17, 15) is 4.79 Å². The highest BCUT2D eigenvalue weighted by Gasteiger charge is 2.26. The van der Waals surface area contributed by atoms with E-state index in [-0.39, 0.29) is 18.0 Å². The molecule has 1 saturated heterocycles. The van der Waals surface area contributed by atoms with Crippen LogP contribution in [0.15, 0.2) is 72.8 Å². The monoisotopic (exact) mass is 439 g/mol. The summed E-state index contributed by atoms with van der Waals surface area (Å²) in [6.07, 6.45) is 1.94. The predicted octanol–water partition coefficient (Wildman–Crippen LogP) is 5.63. The van der Waals surface area contributed by atoms with Gasteiger partial charge < -0.3 is 14.6 Å². The Morgan fingerprint density at radius 1 is 1.00 bits per heavy atom. The number of imidazole rings is 1. The van der Waals surface area contributed by atoms with Crippen LogP contribution in [0.4, 0.5) is 0 Å². The number of benzene rings is 3. The maximum Gasteiger partial charge on any atom is 0.159 e. The Bertz CT molecular complexity index is 1220. The molecule has 1 aliphatic rings. The number of nitrogens with zero attached hydrogens (tertiary/aromatic N) is 2. The van der Waals surface area contributed by atoms with Gasteiger partial charge in [0, 0.05) is 18.7 Å². The van der Waals surface area contributed by atoms with Gasteiger partial charge in [0.2, 0.25) is 0 Å². The summed E-state index contributed by atoms with van der Waals surface area (Å²) in [6, 6.07) is 24.3. The van der Waals surface area contributed by atoms with E-state index < -0.39 is 0 Å². The Morgan fingerprint density at radius 3 is 2.48 bits per heavy atom. The van der Waals surface area contributed by atoms with Gasteiger partial charge in [-0.2, -0.15) is 0 Å². The van der Waals surface area contributed by atoms with Gasteiger partial charge >= 0.3 is 0 Å². The summed E-state index contributed by atoms with van der Waals surface area (Å²) in [6.45, 7) is 3.67.